The molecule has 470 valence electrons. The molecule has 0 amide bonds. The molecule has 0 rings (SSSR count). The number of esters is 2. The van der Waals surface area contributed by atoms with Crippen LogP contribution in [-0.4, -0.2) is 82.3 Å². The Morgan fingerprint density at radius 1 is 0.375 bits per heavy atom. The zero-order valence-electron chi connectivity index (χ0n) is 53.7. The molecule has 0 aliphatic rings. The Balaban J connectivity index is 4.10. The molecule has 0 aromatic heterocycles. The number of aliphatic carboxylic acids is 1. The quantitative estimate of drug-likeness (QED) is 0.0195. The van der Waals surface area contributed by atoms with Crippen LogP contribution in [0.3, 0.4) is 0 Å². The molecule has 9 heteroatoms. The molecule has 0 bridgehead atoms. The lowest BCUT2D eigenvalue weighted by molar-refractivity contribution is -0.870. The lowest BCUT2D eigenvalue weighted by Crippen LogP contribution is -2.44. The van der Waals surface area contributed by atoms with Gasteiger partial charge in [0, 0.05) is 12.8 Å². The molecule has 2 atom stereocenters. The highest BCUT2D eigenvalue weighted by Gasteiger charge is 2.22. The molecule has 0 radical (unpaired) electrons. The third-order valence-corrected chi connectivity index (χ3v) is 15.6. The van der Waals surface area contributed by atoms with Gasteiger partial charge in [-0.3, -0.25) is 9.59 Å². The van der Waals surface area contributed by atoms with Gasteiger partial charge in [-0.1, -0.05) is 314 Å². The molecule has 0 aliphatic carbocycles. The number of hydrogen-bond donors (Lipinski definition) is 0. The molecule has 0 saturated carbocycles. The Morgan fingerprint density at radius 2 is 0.675 bits per heavy atom. The third-order valence-electron chi connectivity index (χ3n) is 15.6. The van der Waals surface area contributed by atoms with Crippen LogP contribution in [0, 0.1) is 0 Å². The molecule has 0 fully saturated rings. The first-order valence-electron chi connectivity index (χ1n) is 34.6. The van der Waals surface area contributed by atoms with E-state index >= 15 is 0 Å². The molecule has 9 nitrogen and oxygen atoms in total. The van der Waals surface area contributed by atoms with Gasteiger partial charge in [0.2, 0.25) is 0 Å². The number of allylic oxidation sites excluding steroid dienone is 6. The maximum Gasteiger partial charge on any atom is 0.306 e. The van der Waals surface area contributed by atoms with Crippen LogP contribution in [0.25, 0.3) is 0 Å². The van der Waals surface area contributed by atoms with Gasteiger partial charge in [0.25, 0.3) is 0 Å². The maximum absolute atomic E-state index is 12.9. The van der Waals surface area contributed by atoms with Crippen molar-refractivity contribution in [1.29, 1.82) is 0 Å². The lowest BCUT2D eigenvalue weighted by Gasteiger charge is -2.26. The number of unbranched alkanes of at least 4 members (excludes halogenated alkanes) is 44. The third kappa shape index (κ3) is 63.1. The number of quaternary nitrogens is 1. The average molecular weight is 1130 g/mol. The summed E-state index contributed by atoms with van der Waals surface area (Å²) in [4.78, 5) is 37.5. The van der Waals surface area contributed by atoms with E-state index in [1.807, 2.05) is 21.1 Å². The maximum atomic E-state index is 12.9. The van der Waals surface area contributed by atoms with Gasteiger partial charge in [-0.05, 0) is 51.4 Å². The van der Waals surface area contributed by atoms with Gasteiger partial charge in [-0.15, -0.1) is 0 Å². The number of carbonyl (C=O) groups is 3. The predicted molar refractivity (Wildman–Crippen MR) is 339 cm³/mol. The number of nitrogens with zero attached hydrogens (tertiary/aromatic N) is 1. The van der Waals surface area contributed by atoms with Crippen LogP contribution in [-0.2, 0) is 33.3 Å². The molecule has 0 spiro atoms. The number of ether oxygens (including phenoxy) is 4. The molecule has 2 unspecified atom stereocenters. The number of likely N-dealkylation sites (N-methyl/N-ethyl adjacent to an activating group) is 1. The van der Waals surface area contributed by atoms with Crippen LogP contribution in [0.2, 0.25) is 0 Å². The van der Waals surface area contributed by atoms with Crippen LogP contribution in [0.4, 0.5) is 0 Å². The second-order valence-electron chi connectivity index (χ2n) is 24.8. The second-order valence-corrected chi connectivity index (χ2v) is 24.8. The zero-order chi connectivity index (χ0) is 58.3. The molecular formula is C71H133NO8. The first-order chi connectivity index (χ1) is 39.1. The monoisotopic (exact) mass is 1130 g/mol. The SMILES string of the molecule is CCCCCCC/C=C\C/C=C\C/C=C\CCCCCCCCCCCCCCC(=O)OC(COC(=O)CCCCCCCCCCCCCCCCCCCCCCCCCCCCCC)COC(OCC[N+](C)(C)C)C(=O)[O-]. The van der Waals surface area contributed by atoms with Crippen molar-refractivity contribution in [3.8, 4) is 0 Å². The minimum absolute atomic E-state index is 0.149. The van der Waals surface area contributed by atoms with Crippen molar-refractivity contribution in [3.05, 3.63) is 36.5 Å². The topological polar surface area (TPSA) is 111 Å². The first kappa shape index (κ1) is 77.5. The second kappa shape index (κ2) is 62.6. The summed E-state index contributed by atoms with van der Waals surface area (Å²) in [6, 6.07) is 0. The van der Waals surface area contributed by atoms with Gasteiger partial charge in [-0.25, -0.2) is 0 Å². The normalized spacial score (nSPS) is 12.9. The van der Waals surface area contributed by atoms with Gasteiger partial charge in [0.15, 0.2) is 12.4 Å². The van der Waals surface area contributed by atoms with Gasteiger partial charge >= 0.3 is 11.9 Å². The van der Waals surface area contributed by atoms with Crippen molar-refractivity contribution in [1.82, 2.24) is 0 Å². The molecule has 0 saturated heterocycles. The van der Waals surface area contributed by atoms with Crippen molar-refractivity contribution >= 4 is 17.9 Å². The van der Waals surface area contributed by atoms with Crippen LogP contribution < -0.4 is 5.11 Å². The number of rotatable bonds is 65. The Hall–Kier alpha value is -2.49. The van der Waals surface area contributed by atoms with E-state index in [0.29, 0.717) is 23.9 Å². The summed E-state index contributed by atoms with van der Waals surface area (Å²) in [6.07, 6.45) is 75.1. The van der Waals surface area contributed by atoms with Crippen LogP contribution in [0.1, 0.15) is 341 Å². The smallest absolute Gasteiger partial charge is 0.306 e. The largest absolute Gasteiger partial charge is 0.545 e. The minimum Gasteiger partial charge on any atom is -0.545 e. The number of carboxylic acids is 1. The summed E-state index contributed by atoms with van der Waals surface area (Å²) < 4.78 is 22.8. The summed E-state index contributed by atoms with van der Waals surface area (Å²) in [5, 5.41) is 11.8. The fourth-order valence-corrected chi connectivity index (χ4v) is 10.3. The van der Waals surface area contributed by atoms with Gasteiger partial charge in [-0.2, -0.15) is 0 Å². The van der Waals surface area contributed by atoms with Crippen molar-refractivity contribution < 1.29 is 42.9 Å². The van der Waals surface area contributed by atoms with E-state index in [4.69, 9.17) is 18.9 Å². The van der Waals surface area contributed by atoms with E-state index in [2.05, 4.69) is 50.3 Å². The molecule has 80 heavy (non-hydrogen) atoms. The highest BCUT2D eigenvalue weighted by Crippen LogP contribution is 2.18. The Morgan fingerprint density at radius 3 is 1.00 bits per heavy atom. The van der Waals surface area contributed by atoms with Gasteiger partial charge in [0.05, 0.1) is 40.3 Å². The molecule has 0 aromatic carbocycles. The van der Waals surface area contributed by atoms with Crippen LogP contribution >= 0.6 is 0 Å². The van der Waals surface area contributed by atoms with Crippen LogP contribution in [0.5, 0.6) is 0 Å². The lowest BCUT2D eigenvalue weighted by atomic mass is 10.0. The van der Waals surface area contributed by atoms with E-state index in [-0.39, 0.29) is 32.2 Å². The number of hydrogen-bond acceptors (Lipinski definition) is 8. The molecule has 0 N–H and O–H groups in total. The highest BCUT2D eigenvalue weighted by atomic mass is 16.7. The van der Waals surface area contributed by atoms with E-state index in [9.17, 15) is 19.5 Å². The highest BCUT2D eigenvalue weighted by molar-refractivity contribution is 5.70. The van der Waals surface area contributed by atoms with Gasteiger partial charge < -0.3 is 33.3 Å². The first-order valence-corrected chi connectivity index (χ1v) is 34.6. The fraction of sp³-hybridized carbons (Fsp3) is 0.873. The summed E-state index contributed by atoms with van der Waals surface area (Å²) in [7, 11) is 5.94. The van der Waals surface area contributed by atoms with E-state index in [1.165, 1.54) is 257 Å². The van der Waals surface area contributed by atoms with E-state index in [1.54, 1.807) is 0 Å². The Kier molecular flexibility index (Phi) is 60.6. The summed E-state index contributed by atoms with van der Waals surface area (Å²) in [5.74, 6) is -2.26. The number of carboxylic acid groups (broad SMARTS) is 1. The van der Waals surface area contributed by atoms with Gasteiger partial charge in [0.1, 0.15) is 13.2 Å². The Bertz CT molecular complexity index is 1410. The summed E-state index contributed by atoms with van der Waals surface area (Å²) >= 11 is 0. The predicted octanol–water partition coefficient (Wildman–Crippen LogP) is 19.9. The standard InChI is InChI=1S/C71H133NO8/c1-6-8-10-12-14-16-18-20-22-24-26-28-30-32-34-36-37-39-41-43-45-47-49-51-53-55-57-59-61-68(73)78-65-67(66-79-71(70(75)76)77-64-63-72(3,4)5)80-69(74)62-60-58-56-54-52-50-48-46-44-42-40-38-35-33-31-29-27-25-23-21-19-17-15-13-11-9-7-2/h19,21,25,27,31,33,67,71H,6-18,20,22-24,26,28-30,32,34-66H2,1-5H3/b21-19-,27-25-,33-31-. The Labute approximate surface area is 496 Å². The molecule has 0 aliphatic heterocycles. The summed E-state index contributed by atoms with van der Waals surface area (Å²) in [6.45, 7) is 4.80. The van der Waals surface area contributed by atoms with E-state index in [0.717, 1.165) is 51.4 Å². The molecule has 0 aromatic rings. The molecule has 0 heterocycles. The fourth-order valence-electron chi connectivity index (χ4n) is 10.3. The number of carbonyl (C=O) groups excluding carboxylic acids is 3. The van der Waals surface area contributed by atoms with E-state index < -0.39 is 24.3 Å². The van der Waals surface area contributed by atoms with Crippen molar-refractivity contribution in [3.63, 3.8) is 0 Å². The zero-order valence-corrected chi connectivity index (χ0v) is 53.7. The minimum atomic E-state index is -1.62. The van der Waals surface area contributed by atoms with Crippen molar-refractivity contribution in [2.45, 2.75) is 354 Å². The summed E-state index contributed by atoms with van der Waals surface area (Å²) in [5.41, 5.74) is 0. The van der Waals surface area contributed by atoms with Crippen molar-refractivity contribution in [2.24, 2.45) is 0 Å². The molecular weight excluding hydrogens is 995 g/mol. The average Bonchev–Trinajstić information content (AvgIpc) is 3.43. The van der Waals surface area contributed by atoms with Crippen molar-refractivity contribution in [2.75, 3.05) is 47.5 Å². The van der Waals surface area contributed by atoms with Crippen LogP contribution in [0.15, 0.2) is 36.5 Å².